The Morgan fingerprint density at radius 2 is 0.871 bits per heavy atom. The van der Waals surface area contributed by atoms with Gasteiger partial charge in [0.1, 0.15) is 0 Å². The number of aliphatic hydroxyl groups excluding tert-OH is 4. The lowest BCUT2D eigenvalue weighted by Gasteiger charge is -2.22. The molecule has 0 aromatic carbocycles. The largest absolute Gasteiger partial charge is 0.396 e. The van der Waals surface area contributed by atoms with Gasteiger partial charge in [-0.25, -0.2) is 0 Å². The summed E-state index contributed by atoms with van der Waals surface area (Å²) in [6.07, 6.45) is 15.5. The Bertz CT molecular complexity index is 649. The number of aliphatic hydroxyl groups is 4. The Kier molecular flexibility index (Phi) is 9.75. The zero-order valence-corrected chi connectivity index (χ0v) is 20.0. The molecule has 0 radical (unpaired) electrons. The Labute approximate surface area is 189 Å². The summed E-state index contributed by atoms with van der Waals surface area (Å²) in [4.78, 5) is 0. The number of allylic oxidation sites excluding steroid dienone is 4. The van der Waals surface area contributed by atoms with Crippen molar-refractivity contribution in [2.45, 2.75) is 97.7 Å². The van der Waals surface area contributed by atoms with E-state index in [9.17, 15) is 20.4 Å². The van der Waals surface area contributed by atoms with Crippen molar-refractivity contribution in [2.75, 3.05) is 13.2 Å². The predicted molar refractivity (Wildman–Crippen MR) is 128 cm³/mol. The first-order chi connectivity index (χ1) is 14.6. The molecule has 2 aliphatic carbocycles. The van der Waals surface area contributed by atoms with Gasteiger partial charge in [0.15, 0.2) is 0 Å². The summed E-state index contributed by atoms with van der Waals surface area (Å²) in [6.45, 7) is 8.65. The molecule has 0 aliphatic heterocycles. The molecule has 4 nitrogen and oxygen atoms in total. The Morgan fingerprint density at radius 1 is 0.581 bits per heavy atom. The van der Waals surface area contributed by atoms with Gasteiger partial charge in [0.25, 0.3) is 0 Å². The van der Waals surface area contributed by atoms with Crippen LogP contribution in [0, 0.1) is 10.8 Å². The van der Waals surface area contributed by atoms with E-state index in [1.54, 1.807) is 0 Å². The molecule has 0 heterocycles. The van der Waals surface area contributed by atoms with E-state index >= 15 is 0 Å². The van der Waals surface area contributed by atoms with Gasteiger partial charge in [-0.2, -0.15) is 0 Å². The van der Waals surface area contributed by atoms with Gasteiger partial charge in [0.05, 0.1) is 12.2 Å². The van der Waals surface area contributed by atoms with Gasteiger partial charge in [0, 0.05) is 13.2 Å². The minimum Gasteiger partial charge on any atom is -0.396 e. The lowest BCUT2D eigenvalue weighted by atomic mass is 9.86. The van der Waals surface area contributed by atoms with Crippen molar-refractivity contribution in [3.63, 3.8) is 0 Å². The van der Waals surface area contributed by atoms with Gasteiger partial charge < -0.3 is 20.4 Å². The zero-order valence-electron chi connectivity index (χ0n) is 20.0. The summed E-state index contributed by atoms with van der Waals surface area (Å²) < 4.78 is 0. The quantitative estimate of drug-likeness (QED) is 0.312. The summed E-state index contributed by atoms with van der Waals surface area (Å²) in [5.41, 5.74) is 4.20. The molecule has 2 rings (SSSR count). The van der Waals surface area contributed by atoms with Crippen LogP contribution in [0.4, 0.5) is 0 Å². The molecule has 4 N–H and O–H groups in total. The third-order valence-corrected chi connectivity index (χ3v) is 6.85. The maximum absolute atomic E-state index is 10.6. The molecule has 2 atom stereocenters. The van der Waals surface area contributed by atoms with Crippen LogP contribution in [-0.4, -0.2) is 45.8 Å². The van der Waals surface area contributed by atoms with Gasteiger partial charge in [-0.3, -0.25) is 0 Å². The molecule has 0 bridgehead atoms. The topological polar surface area (TPSA) is 80.9 Å². The summed E-state index contributed by atoms with van der Waals surface area (Å²) >= 11 is 0. The summed E-state index contributed by atoms with van der Waals surface area (Å²) in [5, 5.41) is 40.0. The maximum atomic E-state index is 10.6. The second kappa shape index (κ2) is 11.6. The van der Waals surface area contributed by atoms with Crippen molar-refractivity contribution in [1.29, 1.82) is 0 Å². The van der Waals surface area contributed by atoms with Gasteiger partial charge in [0.2, 0.25) is 0 Å². The van der Waals surface area contributed by atoms with Crippen molar-refractivity contribution >= 4 is 0 Å². The van der Waals surface area contributed by atoms with Crippen LogP contribution in [0.1, 0.15) is 85.5 Å². The molecular weight excluding hydrogens is 388 g/mol. The molecular formula is C27H44O4. The van der Waals surface area contributed by atoms with E-state index in [1.807, 2.05) is 0 Å². The third-order valence-electron chi connectivity index (χ3n) is 6.85. The second-order valence-electron chi connectivity index (χ2n) is 11.0. The van der Waals surface area contributed by atoms with Crippen molar-refractivity contribution in [1.82, 2.24) is 0 Å². The standard InChI is InChI=1S/C27H44O4/c1-26(2,18-28)16-6-10-22-14-12-20(24(22)30)8-5-9-21-13-15-23(25(21)31)11-7-17-27(3,4)19-29/h12-15,24-25,28-31H,5-11,16-19H2,1-4H3. The summed E-state index contributed by atoms with van der Waals surface area (Å²) in [5.74, 6) is 0. The van der Waals surface area contributed by atoms with E-state index in [2.05, 4.69) is 52.0 Å². The van der Waals surface area contributed by atoms with Gasteiger partial charge in [-0.1, -0.05) is 52.0 Å². The average molecular weight is 433 g/mol. The predicted octanol–water partition coefficient (Wildman–Crippen LogP) is 4.99. The first-order valence-electron chi connectivity index (χ1n) is 12.0. The number of hydrogen-bond donors (Lipinski definition) is 4. The van der Waals surface area contributed by atoms with Crippen LogP contribution in [0.5, 0.6) is 0 Å². The zero-order chi connectivity index (χ0) is 23.1. The highest BCUT2D eigenvalue weighted by molar-refractivity contribution is 5.38. The highest BCUT2D eigenvalue weighted by Gasteiger charge is 2.24. The van der Waals surface area contributed by atoms with Crippen molar-refractivity contribution < 1.29 is 20.4 Å². The van der Waals surface area contributed by atoms with E-state index < -0.39 is 12.2 Å². The number of hydrogen-bond acceptors (Lipinski definition) is 4. The summed E-state index contributed by atoms with van der Waals surface area (Å²) in [6, 6.07) is 0. The van der Waals surface area contributed by atoms with E-state index in [4.69, 9.17) is 0 Å². The SMILES string of the molecule is CC(C)(CO)CCCC1=CC=C(CCCC2=CC=C(CCCC(C)(C)CO)C2O)C1O. The van der Waals surface area contributed by atoms with E-state index in [0.717, 1.165) is 80.1 Å². The molecule has 2 aliphatic rings. The second-order valence-corrected chi connectivity index (χ2v) is 11.0. The van der Waals surface area contributed by atoms with Crippen LogP contribution in [0.2, 0.25) is 0 Å². The Hall–Kier alpha value is -1.20. The molecule has 176 valence electrons. The molecule has 4 heteroatoms. The van der Waals surface area contributed by atoms with Crippen LogP contribution >= 0.6 is 0 Å². The van der Waals surface area contributed by atoms with E-state index in [-0.39, 0.29) is 24.0 Å². The first-order valence-corrected chi connectivity index (χ1v) is 12.0. The first kappa shape index (κ1) is 26.1. The monoisotopic (exact) mass is 432 g/mol. The molecule has 0 fully saturated rings. The summed E-state index contributed by atoms with van der Waals surface area (Å²) in [7, 11) is 0. The van der Waals surface area contributed by atoms with Gasteiger partial charge >= 0.3 is 0 Å². The Morgan fingerprint density at radius 3 is 1.16 bits per heavy atom. The van der Waals surface area contributed by atoms with E-state index in [1.165, 1.54) is 0 Å². The number of rotatable bonds is 14. The maximum Gasteiger partial charge on any atom is 0.0967 e. The van der Waals surface area contributed by atoms with E-state index in [0.29, 0.717) is 0 Å². The molecule has 0 saturated heterocycles. The average Bonchev–Trinajstić information content (AvgIpc) is 3.25. The van der Waals surface area contributed by atoms with Crippen molar-refractivity contribution in [2.24, 2.45) is 10.8 Å². The van der Waals surface area contributed by atoms with Crippen molar-refractivity contribution in [3.05, 3.63) is 46.6 Å². The fourth-order valence-electron chi connectivity index (χ4n) is 4.35. The van der Waals surface area contributed by atoms with Crippen LogP contribution in [-0.2, 0) is 0 Å². The smallest absolute Gasteiger partial charge is 0.0967 e. The fourth-order valence-corrected chi connectivity index (χ4v) is 4.35. The molecule has 0 spiro atoms. The highest BCUT2D eigenvalue weighted by atomic mass is 16.3. The van der Waals surface area contributed by atoms with Crippen LogP contribution in [0.15, 0.2) is 46.6 Å². The van der Waals surface area contributed by atoms with Crippen LogP contribution in [0.25, 0.3) is 0 Å². The Balaban J connectivity index is 1.66. The van der Waals surface area contributed by atoms with Gasteiger partial charge in [-0.05, 0) is 90.9 Å². The minimum atomic E-state index is -0.469. The lowest BCUT2D eigenvalue weighted by molar-refractivity contribution is 0.147. The molecule has 2 unspecified atom stereocenters. The molecule has 0 aromatic heterocycles. The van der Waals surface area contributed by atoms with Crippen LogP contribution in [0.3, 0.4) is 0 Å². The normalized spacial score (nSPS) is 21.8. The molecule has 0 aromatic rings. The molecule has 0 amide bonds. The fraction of sp³-hybridized carbons (Fsp3) is 0.704. The lowest BCUT2D eigenvalue weighted by Crippen LogP contribution is -2.17. The van der Waals surface area contributed by atoms with Crippen molar-refractivity contribution in [3.8, 4) is 0 Å². The van der Waals surface area contributed by atoms with Gasteiger partial charge in [-0.15, -0.1) is 0 Å². The molecule has 0 saturated carbocycles. The molecule has 31 heavy (non-hydrogen) atoms. The minimum absolute atomic E-state index is 0.0574. The van der Waals surface area contributed by atoms with Crippen LogP contribution < -0.4 is 0 Å². The third kappa shape index (κ3) is 8.02. The highest BCUT2D eigenvalue weighted by Crippen LogP contribution is 2.33.